The van der Waals surface area contributed by atoms with Crippen molar-refractivity contribution >= 4 is 18.3 Å². The van der Waals surface area contributed by atoms with Gasteiger partial charge in [0.1, 0.15) is 5.82 Å². The topological polar surface area (TPSA) is 75.4 Å². The Hall–Kier alpha value is -1.95. The number of carbonyl (C=O) groups is 1. The van der Waals surface area contributed by atoms with Gasteiger partial charge in [0.05, 0.1) is 6.10 Å². The van der Waals surface area contributed by atoms with E-state index in [0.717, 1.165) is 18.4 Å². The third kappa shape index (κ3) is 6.46. The Labute approximate surface area is 153 Å². The van der Waals surface area contributed by atoms with E-state index in [9.17, 15) is 14.3 Å². The number of hydrogen-bond acceptors (Lipinski definition) is 3. The molecule has 136 valence electrons. The lowest BCUT2D eigenvalue weighted by molar-refractivity contribution is 0.1000. The molecule has 0 saturated carbocycles. The van der Waals surface area contributed by atoms with Crippen LogP contribution in [0.5, 0.6) is 0 Å². The summed E-state index contributed by atoms with van der Waals surface area (Å²) in [5.41, 5.74) is 7.13. The van der Waals surface area contributed by atoms with Crippen LogP contribution in [0.15, 0.2) is 48.5 Å². The van der Waals surface area contributed by atoms with Crippen molar-refractivity contribution in [2.24, 2.45) is 5.73 Å². The third-order valence-electron chi connectivity index (χ3n) is 4.03. The zero-order valence-electron chi connectivity index (χ0n) is 14.1. The smallest absolute Gasteiger partial charge is 0.248 e. The van der Waals surface area contributed by atoms with Gasteiger partial charge in [-0.1, -0.05) is 30.3 Å². The molecule has 0 aliphatic heterocycles. The van der Waals surface area contributed by atoms with Crippen molar-refractivity contribution in [3.8, 4) is 0 Å². The molecule has 2 aromatic rings. The number of rotatable bonds is 8. The molecule has 2 atom stereocenters. The first kappa shape index (κ1) is 21.1. The maximum Gasteiger partial charge on any atom is 0.248 e. The van der Waals surface area contributed by atoms with E-state index in [2.05, 4.69) is 5.32 Å². The fourth-order valence-electron chi connectivity index (χ4n) is 2.49. The van der Waals surface area contributed by atoms with Gasteiger partial charge in [0.15, 0.2) is 0 Å². The molecule has 0 spiro atoms. The maximum atomic E-state index is 13.6. The zero-order chi connectivity index (χ0) is 17.5. The van der Waals surface area contributed by atoms with E-state index in [-0.39, 0.29) is 18.4 Å². The summed E-state index contributed by atoms with van der Waals surface area (Å²) in [4.78, 5) is 11.0. The van der Waals surface area contributed by atoms with Crippen molar-refractivity contribution in [2.45, 2.75) is 31.9 Å². The van der Waals surface area contributed by atoms with Crippen LogP contribution in [0.3, 0.4) is 0 Å². The molecule has 0 aliphatic rings. The highest BCUT2D eigenvalue weighted by Gasteiger charge is 2.13. The molecule has 0 aromatic heterocycles. The molecule has 0 radical (unpaired) electrons. The van der Waals surface area contributed by atoms with Gasteiger partial charge < -0.3 is 16.2 Å². The van der Waals surface area contributed by atoms with Crippen LogP contribution < -0.4 is 11.1 Å². The first-order chi connectivity index (χ1) is 11.5. The van der Waals surface area contributed by atoms with Gasteiger partial charge >= 0.3 is 0 Å². The number of nitrogens with two attached hydrogens (primary N) is 1. The molecule has 0 unspecified atom stereocenters. The predicted molar refractivity (Wildman–Crippen MR) is 99.4 cm³/mol. The normalized spacial score (nSPS) is 12.9. The fourth-order valence-corrected chi connectivity index (χ4v) is 2.49. The molecule has 2 rings (SSSR count). The van der Waals surface area contributed by atoms with E-state index in [1.54, 1.807) is 30.3 Å². The van der Waals surface area contributed by atoms with Gasteiger partial charge in [-0.25, -0.2) is 4.39 Å². The monoisotopic (exact) mass is 366 g/mol. The Balaban J connectivity index is 0.00000312. The predicted octanol–water partition coefficient (Wildman–Crippen LogP) is 2.99. The summed E-state index contributed by atoms with van der Waals surface area (Å²) >= 11 is 0. The number of aryl methyl sites for hydroxylation is 1. The highest BCUT2D eigenvalue weighted by molar-refractivity contribution is 5.92. The van der Waals surface area contributed by atoms with Crippen molar-refractivity contribution in [3.63, 3.8) is 0 Å². The minimum atomic E-state index is -0.872. The van der Waals surface area contributed by atoms with Gasteiger partial charge in [-0.3, -0.25) is 4.79 Å². The number of carbonyl (C=O) groups excluding carboxylic acids is 1. The van der Waals surface area contributed by atoms with Crippen molar-refractivity contribution in [1.29, 1.82) is 0 Å². The molecule has 4 N–H and O–H groups in total. The van der Waals surface area contributed by atoms with E-state index in [1.807, 2.05) is 19.1 Å². The van der Waals surface area contributed by atoms with Crippen LogP contribution in [0.25, 0.3) is 0 Å². The van der Waals surface area contributed by atoms with Gasteiger partial charge in [-0.2, -0.15) is 0 Å². The number of nitrogens with one attached hydrogen (secondary N) is 1. The van der Waals surface area contributed by atoms with Crippen molar-refractivity contribution < 1.29 is 14.3 Å². The van der Waals surface area contributed by atoms with Crippen LogP contribution in [0.2, 0.25) is 0 Å². The van der Waals surface area contributed by atoms with Crippen LogP contribution in [0.1, 0.15) is 40.9 Å². The molecule has 0 bridgehead atoms. The summed E-state index contributed by atoms with van der Waals surface area (Å²) in [6.45, 7) is 2.31. The Morgan fingerprint density at radius 1 is 1.20 bits per heavy atom. The summed E-state index contributed by atoms with van der Waals surface area (Å²) in [5.74, 6) is -0.826. The van der Waals surface area contributed by atoms with Crippen molar-refractivity contribution in [3.05, 3.63) is 71.0 Å². The second-order valence-corrected chi connectivity index (χ2v) is 5.95. The molecule has 0 saturated heterocycles. The number of amides is 1. The summed E-state index contributed by atoms with van der Waals surface area (Å²) in [6.07, 6.45) is 0.826. The molecular weight excluding hydrogens is 343 g/mol. The Morgan fingerprint density at radius 3 is 2.44 bits per heavy atom. The van der Waals surface area contributed by atoms with Crippen molar-refractivity contribution in [1.82, 2.24) is 5.32 Å². The second kappa shape index (κ2) is 10.1. The second-order valence-electron chi connectivity index (χ2n) is 5.95. The average molecular weight is 367 g/mol. The Kier molecular flexibility index (Phi) is 8.55. The van der Waals surface area contributed by atoms with E-state index < -0.39 is 17.8 Å². The average Bonchev–Trinajstić information content (AvgIpc) is 2.58. The molecule has 6 heteroatoms. The third-order valence-corrected chi connectivity index (χ3v) is 4.03. The highest BCUT2D eigenvalue weighted by Crippen LogP contribution is 2.16. The van der Waals surface area contributed by atoms with Crippen LogP contribution in [-0.2, 0) is 6.42 Å². The number of halogens is 2. The number of aliphatic hydroxyl groups excluding tert-OH is 1. The molecule has 25 heavy (non-hydrogen) atoms. The largest absolute Gasteiger partial charge is 0.387 e. The van der Waals surface area contributed by atoms with Gasteiger partial charge in [-0.05, 0) is 43.5 Å². The highest BCUT2D eigenvalue weighted by atomic mass is 35.5. The summed E-state index contributed by atoms with van der Waals surface area (Å²) in [5, 5.41) is 13.3. The van der Waals surface area contributed by atoms with E-state index >= 15 is 0 Å². The number of benzene rings is 2. The number of primary amides is 1. The molecule has 0 aliphatic carbocycles. The molecule has 4 nitrogen and oxygen atoms in total. The van der Waals surface area contributed by atoms with Gasteiger partial charge in [0, 0.05) is 23.7 Å². The van der Waals surface area contributed by atoms with Crippen molar-refractivity contribution in [2.75, 3.05) is 6.54 Å². The van der Waals surface area contributed by atoms with E-state index in [4.69, 9.17) is 5.73 Å². The maximum absolute atomic E-state index is 13.6. The molecule has 2 aromatic carbocycles. The van der Waals surface area contributed by atoms with Crippen LogP contribution in [0.4, 0.5) is 4.39 Å². The minimum absolute atomic E-state index is 0. The van der Waals surface area contributed by atoms with E-state index in [1.165, 1.54) is 6.07 Å². The SMILES string of the molecule is C[C@H](CCc1ccc(C(N)=O)cc1)NC[C@H](O)c1ccccc1F.Cl. The van der Waals surface area contributed by atoms with E-state index in [0.29, 0.717) is 17.7 Å². The molecule has 0 heterocycles. The van der Waals surface area contributed by atoms with Gasteiger partial charge in [0.2, 0.25) is 5.91 Å². The standard InChI is InChI=1S/C19H23FN2O2.ClH/c1-13(6-7-14-8-10-15(11-9-14)19(21)24)22-12-18(23)16-4-2-3-5-17(16)20;/h2-5,8-11,13,18,22-23H,6-7,12H2,1H3,(H2,21,24);1H/t13-,18+;/m1./s1. The first-order valence-electron chi connectivity index (χ1n) is 8.02. The molecule has 0 fully saturated rings. The van der Waals surface area contributed by atoms with Crippen LogP contribution in [0, 0.1) is 5.82 Å². The van der Waals surface area contributed by atoms with Gasteiger partial charge in [0.25, 0.3) is 0 Å². The minimum Gasteiger partial charge on any atom is -0.387 e. The quantitative estimate of drug-likeness (QED) is 0.672. The molecule has 1 amide bonds. The Morgan fingerprint density at radius 2 is 1.84 bits per heavy atom. The number of aliphatic hydroxyl groups is 1. The zero-order valence-corrected chi connectivity index (χ0v) is 14.9. The summed E-state index contributed by atoms with van der Waals surface area (Å²) in [7, 11) is 0. The number of hydrogen-bond donors (Lipinski definition) is 3. The van der Waals surface area contributed by atoms with Crippen LogP contribution in [-0.4, -0.2) is 23.6 Å². The van der Waals surface area contributed by atoms with Gasteiger partial charge in [-0.15, -0.1) is 12.4 Å². The van der Waals surface area contributed by atoms with Crippen LogP contribution >= 0.6 is 12.4 Å². The fraction of sp³-hybridized carbons (Fsp3) is 0.316. The summed E-state index contributed by atoms with van der Waals surface area (Å²) in [6, 6.07) is 13.6. The lowest BCUT2D eigenvalue weighted by Crippen LogP contribution is -2.31. The molecular formula is C19H24ClFN2O2. The summed E-state index contributed by atoms with van der Waals surface area (Å²) < 4.78 is 13.6. The Bertz CT molecular complexity index is 679. The first-order valence-corrected chi connectivity index (χ1v) is 8.02. The lowest BCUT2D eigenvalue weighted by Gasteiger charge is -2.18. The lowest BCUT2D eigenvalue weighted by atomic mass is 10.0.